The maximum Gasteiger partial charge on any atom is 0.187 e. The Morgan fingerprint density at radius 3 is 1.91 bits per heavy atom. The topological polar surface area (TPSA) is 283 Å². The predicted octanol–water partition coefficient (Wildman–Crippen LogP) is -6.90. The van der Waals surface area contributed by atoms with Crippen LogP contribution in [0.15, 0.2) is 0 Å². The zero-order valence-corrected chi connectivity index (χ0v) is 18.7. The molecule has 0 spiro atoms. The van der Waals surface area contributed by atoms with E-state index < -0.39 is 104 Å². The van der Waals surface area contributed by atoms with Crippen LogP contribution in [-0.2, 0) is 18.9 Å². The summed E-state index contributed by atoms with van der Waals surface area (Å²) in [7, 11) is 0. The SMILES string of the molecule is CC(N)[C@H]1O[C@@H](O[C@@H]2[C@@H](O)[C@H](N)C[C@H](N)[C@H]2O[C@H]2O[C@H](C(O)CO)[C@@H](O)[C@H](O)[C@H]2N)[C@@H](O)[C@H]1O. The molecule has 2 unspecified atom stereocenters. The van der Waals surface area contributed by atoms with Gasteiger partial charge in [0.1, 0.15) is 54.9 Å². The molecule has 2 saturated heterocycles. The summed E-state index contributed by atoms with van der Waals surface area (Å²) in [4.78, 5) is 0. The van der Waals surface area contributed by atoms with Crippen molar-refractivity contribution in [3.05, 3.63) is 0 Å². The fraction of sp³-hybridized carbons (Fsp3) is 1.00. The number of aliphatic hydroxyl groups excluding tert-OH is 7. The third-order valence-electron chi connectivity index (χ3n) is 6.68. The largest absolute Gasteiger partial charge is 0.394 e. The molecule has 15 N–H and O–H groups in total. The van der Waals surface area contributed by atoms with Gasteiger partial charge in [-0.1, -0.05) is 0 Å². The Bertz CT molecular complexity index is 666. The van der Waals surface area contributed by atoms with Gasteiger partial charge in [-0.2, -0.15) is 0 Å². The van der Waals surface area contributed by atoms with Gasteiger partial charge < -0.3 is 77.6 Å². The molecule has 3 fully saturated rings. The number of ether oxygens (including phenoxy) is 4. The van der Waals surface area contributed by atoms with E-state index in [2.05, 4.69) is 0 Å². The van der Waals surface area contributed by atoms with Crippen molar-refractivity contribution in [2.24, 2.45) is 22.9 Å². The predicted molar refractivity (Wildman–Crippen MR) is 112 cm³/mol. The second-order valence-electron chi connectivity index (χ2n) is 9.34. The summed E-state index contributed by atoms with van der Waals surface area (Å²) >= 11 is 0. The molecule has 0 amide bonds. The molecular formula is C19H38N4O11. The number of hydrogen-bond donors (Lipinski definition) is 11. The van der Waals surface area contributed by atoms with Gasteiger partial charge in [-0.3, -0.25) is 0 Å². The van der Waals surface area contributed by atoms with Gasteiger partial charge in [-0.25, -0.2) is 0 Å². The van der Waals surface area contributed by atoms with Crippen molar-refractivity contribution in [3.8, 4) is 0 Å². The molecule has 0 aromatic heterocycles. The highest BCUT2D eigenvalue weighted by atomic mass is 16.7. The molecule has 0 bridgehead atoms. The van der Waals surface area contributed by atoms with Crippen molar-refractivity contribution >= 4 is 0 Å². The van der Waals surface area contributed by atoms with E-state index in [1.807, 2.05) is 0 Å². The molecule has 2 aliphatic heterocycles. The molecule has 3 aliphatic rings. The van der Waals surface area contributed by atoms with Gasteiger partial charge in [0, 0.05) is 18.1 Å². The lowest BCUT2D eigenvalue weighted by molar-refractivity contribution is -0.317. The zero-order valence-electron chi connectivity index (χ0n) is 18.7. The fourth-order valence-electron chi connectivity index (χ4n) is 4.59. The Morgan fingerprint density at radius 1 is 0.794 bits per heavy atom. The molecule has 15 nitrogen and oxygen atoms in total. The molecule has 200 valence electrons. The van der Waals surface area contributed by atoms with Gasteiger partial charge >= 0.3 is 0 Å². The Labute approximate surface area is 196 Å². The normalized spacial score (nSPS) is 51.9. The van der Waals surface area contributed by atoms with E-state index >= 15 is 0 Å². The van der Waals surface area contributed by atoms with E-state index in [-0.39, 0.29) is 6.42 Å². The summed E-state index contributed by atoms with van der Waals surface area (Å²) < 4.78 is 22.7. The third-order valence-corrected chi connectivity index (χ3v) is 6.68. The van der Waals surface area contributed by atoms with Crippen LogP contribution in [0.3, 0.4) is 0 Å². The van der Waals surface area contributed by atoms with Crippen molar-refractivity contribution in [3.63, 3.8) is 0 Å². The van der Waals surface area contributed by atoms with Crippen molar-refractivity contribution in [2.45, 2.75) is 111 Å². The minimum atomic E-state index is -1.61. The van der Waals surface area contributed by atoms with E-state index in [0.29, 0.717) is 0 Å². The third kappa shape index (κ3) is 5.39. The maximum absolute atomic E-state index is 10.7. The van der Waals surface area contributed by atoms with Gasteiger partial charge in [-0.05, 0) is 13.3 Å². The van der Waals surface area contributed by atoms with Crippen molar-refractivity contribution < 1.29 is 54.7 Å². The van der Waals surface area contributed by atoms with Gasteiger partial charge in [0.05, 0.1) is 18.8 Å². The Kier molecular flexibility index (Phi) is 9.22. The Morgan fingerprint density at radius 2 is 1.35 bits per heavy atom. The molecular weight excluding hydrogens is 460 g/mol. The number of aliphatic hydroxyl groups is 7. The van der Waals surface area contributed by atoms with E-state index in [4.69, 9.17) is 41.9 Å². The lowest BCUT2D eigenvalue weighted by Crippen LogP contribution is -2.68. The number of rotatable bonds is 7. The molecule has 0 aromatic carbocycles. The first-order chi connectivity index (χ1) is 15.9. The minimum absolute atomic E-state index is 0.0979. The molecule has 0 radical (unpaired) electrons. The van der Waals surface area contributed by atoms with Crippen LogP contribution in [0.4, 0.5) is 0 Å². The first-order valence-corrected chi connectivity index (χ1v) is 11.2. The molecule has 3 rings (SSSR count). The number of hydrogen-bond acceptors (Lipinski definition) is 15. The van der Waals surface area contributed by atoms with E-state index in [1.165, 1.54) is 0 Å². The van der Waals surface area contributed by atoms with E-state index in [1.54, 1.807) is 6.92 Å². The van der Waals surface area contributed by atoms with E-state index in [9.17, 15) is 35.7 Å². The monoisotopic (exact) mass is 498 g/mol. The highest BCUT2D eigenvalue weighted by molar-refractivity contribution is 5.02. The zero-order chi connectivity index (χ0) is 25.5. The summed E-state index contributed by atoms with van der Waals surface area (Å²) in [6.45, 7) is 0.813. The maximum atomic E-state index is 10.7. The van der Waals surface area contributed by atoms with Crippen LogP contribution in [0, 0.1) is 0 Å². The average Bonchev–Trinajstić information content (AvgIpc) is 3.07. The number of nitrogens with two attached hydrogens (primary N) is 4. The molecule has 34 heavy (non-hydrogen) atoms. The van der Waals surface area contributed by atoms with Crippen molar-refractivity contribution in [1.29, 1.82) is 0 Å². The molecule has 2 heterocycles. The highest BCUT2D eigenvalue weighted by Crippen LogP contribution is 2.32. The van der Waals surface area contributed by atoms with Crippen molar-refractivity contribution in [1.82, 2.24) is 0 Å². The fourth-order valence-corrected chi connectivity index (χ4v) is 4.59. The van der Waals surface area contributed by atoms with Gasteiger partial charge in [0.15, 0.2) is 12.6 Å². The second-order valence-corrected chi connectivity index (χ2v) is 9.34. The minimum Gasteiger partial charge on any atom is -0.394 e. The summed E-state index contributed by atoms with van der Waals surface area (Å²) in [6, 6.07) is -3.60. The van der Waals surface area contributed by atoms with Crippen LogP contribution in [0.25, 0.3) is 0 Å². The van der Waals surface area contributed by atoms with Gasteiger partial charge in [-0.15, -0.1) is 0 Å². The first kappa shape index (κ1) is 28.0. The van der Waals surface area contributed by atoms with Gasteiger partial charge in [0.25, 0.3) is 0 Å². The smallest absolute Gasteiger partial charge is 0.187 e. The lowest BCUT2D eigenvalue weighted by Gasteiger charge is -2.47. The highest BCUT2D eigenvalue weighted by Gasteiger charge is 2.53. The van der Waals surface area contributed by atoms with Crippen molar-refractivity contribution in [2.75, 3.05) is 6.61 Å². The van der Waals surface area contributed by atoms with Crippen LogP contribution < -0.4 is 22.9 Å². The quantitative estimate of drug-likeness (QED) is 0.155. The standard InChI is InChI=1S/C19H38N4O11/c1-4(20)14-12(29)13(30)19(31-14)34-17-9(26)5(21)2-6(22)15(17)32-18-8(23)10(27)11(28)16(33-18)7(25)3-24/h4-19,24-30H,2-3,20-23H2,1H3/t4?,5-,6+,7?,8-,9+,10-,11+,12-,13+,14-,15-,16-,17-,18+,19+/m1/s1. The van der Waals surface area contributed by atoms with Crippen LogP contribution in [0.1, 0.15) is 13.3 Å². The summed E-state index contributed by atoms with van der Waals surface area (Å²) in [5, 5.41) is 71.0. The summed E-state index contributed by atoms with van der Waals surface area (Å²) in [5.41, 5.74) is 23.9. The first-order valence-electron chi connectivity index (χ1n) is 11.2. The van der Waals surface area contributed by atoms with Crippen LogP contribution >= 0.6 is 0 Å². The Hall–Kier alpha value is -0.600. The molecule has 0 aromatic rings. The van der Waals surface area contributed by atoms with E-state index in [0.717, 1.165) is 0 Å². The van der Waals surface area contributed by atoms with Crippen LogP contribution in [0.5, 0.6) is 0 Å². The average molecular weight is 499 g/mol. The van der Waals surface area contributed by atoms with Gasteiger partial charge in [0.2, 0.25) is 0 Å². The molecule has 1 saturated carbocycles. The molecule has 16 atom stereocenters. The molecule has 15 heteroatoms. The molecule has 1 aliphatic carbocycles. The van der Waals surface area contributed by atoms with Crippen LogP contribution in [0.2, 0.25) is 0 Å². The van der Waals surface area contributed by atoms with Crippen LogP contribution in [-0.4, -0.2) is 140 Å². The summed E-state index contributed by atoms with van der Waals surface area (Å²) in [5.74, 6) is 0. The summed E-state index contributed by atoms with van der Waals surface area (Å²) in [6.07, 6.45) is -16.5. The lowest BCUT2D eigenvalue weighted by atomic mass is 9.84. The Balaban J connectivity index is 1.80. The second kappa shape index (κ2) is 11.2.